The normalized spacial score (nSPS) is 20.4. The largest absolute Gasteiger partial charge is 0.507 e. The maximum Gasteiger partial charge on any atom is 0.332 e. The number of rotatable bonds is 1. The average molecular weight is 237 g/mol. The molecular weight excluding hydrogens is 225 g/mol. The Labute approximate surface area is 97.1 Å². The number of hydrogen-bond acceptors (Lipinski definition) is 3. The molecule has 1 aliphatic carbocycles. The molecule has 17 heavy (non-hydrogen) atoms. The number of carbonyl (C=O) groups is 1. The number of aromatic hydroxyl groups is 1. The van der Waals surface area contributed by atoms with E-state index >= 15 is 0 Å². The molecule has 2 amide bonds. The fourth-order valence-electron chi connectivity index (χ4n) is 2.09. The van der Waals surface area contributed by atoms with Crippen LogP contribution in [0.5, 0.6) is 5.75 Å². The summed E-state index contributed by atoms with van der Waals surface area (Å²) in [4.78, 5) is 10.6. The van der Waals surface area contributed by atoms with E-state index in [9.17, 15) is 14.3 Å². The summed E-state index contributed by atoms with van der Waals surface area (Å²) in [6.45, 7) is 1.83. The minimum absolute atomic E-state index is 0.0456. The summed E-state index contributed by atoms with van der Waals surface area (Å²) in [6, 6.07) is 1.69. The van der Waals surface area contributed by atoms with Gasteiger partial charge < -0.3 is 10.8 Å². The molecule has 1 aliphatic rings. The molecule has 2 rings (SSSR count). The van der Waals surface area contributed by atoms with Crippen molar-refractivity contribution in [3.8, 4) is 5.75 Å². The second-order valence-electron chi connectivity index (χ2n) is 3.99. The molecule has 1 atom stereocenters. The first-order chi connectivity index (χ1) is 8.00. The van der Waals surface area contributed by atoms with Crippen LogP contribution in [-0.2, 0) is 0 Å². The Morgan fingerprint density at radius 2 is 2.35 bits per heavy atom. The maximum absolute atomic E-state index is 13.6. The Morgan fingerprint density at radius 3 is 3.00 bits per heavy atom. The highest BCUT2D eigenvalue weighted by Gasteiger charge is 2.30. The molecule has 0 saturated heterocycles. The van der Waals surface area contributed by atoms with Crippen molar-refractivity contribution in [1.82, 2.24) is 5.43 Å². The zero-order chi connectivity index (χ0) is 12.6. The molecule has 0 aromatic heterocycles. The number of nitrogens with zero attached hydrogens (tertiary/aromatic N) is 1. The minimum atomic E-state index is -0.797. The van der Waals surface area contributed by atoms with Crippen molar-refractivity contribution in [2.24, 2.45) is 10.8 Å². The standard InChI is InChI=1S/C11H12FN3O2/c1-5-4-7(14-15-11(13)17)10-8(16)3-2-6(12)9(5)10/h2-3,5,16H,4H2,1H3,(H3,13,15,17)/b14-7+/t5-/m1/s1. The van der Waals surface area contributed by atoms with Crippen molar-refractivity contribution in [2.75, 3.05) is 0 Å². The van der Waals surface area contributed by atoms with Crippen LogP contribution in [0.2, 0.25) is 0 Å². The smallest absolute Gasteiger partial charge is 0.332 e. The lowest BCUT2D eigenvalue weighted by Crippen LogP contribution is -2.25. The number of carbonyl (C=O) groups excluding carboxylic acids is 1. The van der Waals surface area contributed by atoms with Crippen LogP contribution >= 0.6 is 0 Å². The molecule has 90 valence electrons. The molecule has 0 unspecified atom stereocenters. The quantitative estimate of drug-likeness (QED) is 0.645. The van der Waals surface area contributed by atoms with Crippen LogP contribution < -0.4 is 11.2 Å². The van der Waals surface area contributed by atoms with Crippen molar-refractivity contribution >= 4 is 11.7 Å². The van der Waals surface area contributed by atoms with E-state index in [2.05, 4.69) is 10.5 Å². The first-order valence-corrected chi connectivity index (χ1v) is 5.14. The Kier molecular flexibility index (Phi) is 2.71. The van der Waals surface area contributed by atoms with Crippen molar-refractivity contribution < 1.29 is 14.3 Å². The third-order valence-corrected chi connectivity index (χ3v) is 2.75. The topological polar surface area (TPSA) is 87.7 Å². The zero-order valence-electron chi connectivity index (χ0n) is 9.20. The highest BCUT2D eigenvalue weighted by atomic mass is 19.1. The van der Waals surface area contributed by atoms with Crippen LogP contribution in [0.1, 0.15) is 30.4 Å². The lowest BCUT2D eigenvalue weighted by Gasteiger charge is -2.06. The van der Waals surface area contributed by atoms with Gasteiger partial charge in [-0.1, -0.05) is 6.92 Å². The number of hydrogen-bond donors (Lipinski definition) is 3. The fourth-order valence-corrected chi connectivity index (χ4v) is 2.09. The minimum Gasteiger partial charge on any atom is -0.507 e. The number of primary amides is 1. The Bertz CT molecular complexity index is 514. The number of nitrogens with one attached hydrogen (secondary N) is 1. The van der Waals surface area contributed by atoms with Gasteiger partial charge in [0, 0.05) is 11.1 Å². The van der Waals surface area contributed by atoms with Crippen molar-refractivity contribution in [2.45, 2.75) is 19.3 Å². The van der Waals surface area contributed by atoms with E-state index < -0.39 is 6.03 Å². The molecule has 1 aromatic carbocycles. The summed E-state index contributed by atoms with van der Waals surface area (Å²) in [5, 5.41) is 13.5. The van der Waals surface area contributed by atoms with Gasteiger partial charge in [-0.3, -0.25) is 0 Å². The molecule has 0 aliphatic heterocycles. The van der Waals surface area contributed by atoms with E-state index in [-0.39, 0.29) is 17.5 Å². The number of phenols is 1. The van der Waals surface area contributed by atoms with Gasteiger partial charge in [-0.25, -0.2) is 14.6 Å². The number of fused-ring (bicyclic) bond motifs is 1. The summed E-state index contributed by atoms with van der Waals surface area (Å²) in [5.41, 5.74) is 8.20. The van der Waals surface area contributed by atoms with Crippen LogP contribution in [0.15, 0.2) is 17.2 Å². The molecule has 0 bridgehead atoms. The Morgan fingerprint density at radius 1 is 1.65 bits per heavy atom. The molecule has 5 nitrogen and oxygen atoms in total. The summed E-state index contributed by atoms with van der Waals surface area (Å²) in [6.07, 6.45) is 0.449. The molecule has 1 aromatic rings. The van der Waals surface area contributed by atoms with Gasteiger partial charge in [0.2, 0.25) is 0 Å². The number of benzene rings is 1. The van der Waals surface area contributed by atoms with Gasteiger partial charge in [0.15, 0.2) is 0 Å². The van der Waals surface area contributed by atoms with E-state index in [0.29, 0.717) is 23.3 Å². The van der Waals surface area contributed by atoms with Gasteiger partial charge >= 0.3 is 6.03 Å². The van der Waals surface area contributed by atoms with Gasteiger partial charge in [0.1, 0.15) is 11.6 Å². The number of hydrazone groups is 1. The first-order valence-electron chi connectivity index (χ1n) is 5.14. The van der Waals surface area contributed by atoms with Gasteiger partial charge in [-0.05, 0) is 24.5 Å². The van der Waals surface area contributed by atoms with E-state index in [4.69, 9.17) is 5.73 Å². The zero-order valence-corrected chi connectivity index (χ0v) is 9.20. The highest BCUT2D eigenvalue weighted by molar-refractivity contribution is 6.07. The Balaban J connectivity index is 2.50. The first kappa shape index (κ1) is 11.4. The third-order valence-electron chi connectivity index (χ3n) is 2.75. The SMILES string of the molecule is C[C@@H]1C/C(=N\NC(N)=O)c2c(O)ccc(F)c21. The lowest BCUT2D eigenvalue weighted by molar-refractivity contribution is 0.249. The molecule has 4 N–H and O–H groups in total. The van der Waals surface area contributed by atoms with Gasteiger partial charge in [-0.15, -0.1) is 0 Å². The molecule has 0 fully saturated rings. The highest BCUT2D eigenvalue weighted by Crippen LogP contribution is 2.39. The lowest BCUT2D eigenvalue weighted by atomic mass is 10.0. The van der Waals surface area contributed by atoms with Crippen LogP contribution in [-0.4, -0.2) is 16.8 Å². The number of phenolic OH excluding ortho intramolecular Hbond substituents is 1. The maximum atomic E-state index is 13.6. The van der Waals surface area contributed by atoms with Crippen LogP contribution in [0.4, 0.5) is 9.18 Å². The van der Waals surface area contributed by atoms with Gasteiger partial charge in [-0.2, -0.15) is 5.10 Å². The molecular formula is C11H12FN3O2. The van der Waals surface area contributed by atoms with Gasteiger partial charge in [0.25, 0.3) is 0 Å². The monoisotopic (exact) mass is 237 g/mol. The molecule has 0 heterocycles. The predicted octanol–water partition coefficient (Wildman–Crippen LogP) is 1.41. The van der Waals surface area contributed by atoms with Crippen LogP contribution in [0, 0.1) is 5.82 Å². The van der Waals surface area contributed by atoms with Crippen LogP contribution in [0.3, 0.4) is 0 Å². The van der Waals surface area contributed by atoms with Gasteiger partial charge in [0.05, 0.1) is 5.71 Å². The number of urea groups is 1. The summed E-state index contributed by atoms with van der Waals surface area (Å²) >= 11 is 0. The summed E-state index contributed by atoms with van der Waals surface area (Å²) in [5.74, 6) is -0.518. The molecule has 0 radical (unpaired) electrons. The molecule has 0 saturated carbocycles. The number of amides is 2. The van der Waals surface area contributed by atoms with E-state index in [1.165, 1.54) is 12.1 Å². The molecule has 0 spiro atoms. The van der Waals surface area contributed by atoms with E-state index in [1.54, 1.807) is 0 Å². The molecule has 6 heteroatoms. The second-order valence-corrected chi connectivity index (χ2v) is 3.99. The average Bonchev–Trinajstić information content (AvgIpc) is 2.59. The van der Waals surface area contributed by atoms with Crippen molar-refractivity contribution in [1.29, 1.82) is 0 Å². The van der Waals surface area contributed by atoms with E-state index in [1.807, 2.05) is 6.92 Å². The number of halogens is 1. The third kappa shape index (κ3) is 1.93. The van der Waals surface area contributed by atoms with E-state index in [0.717, 1.165) is 0 Å². The second kappa shape index (κ2) is 4.04. The van der Waals surface area contributed by atoms with Crippen molar-refractivity contribution in [3.05, 3.63) is 29.1 Å². The van der Waals surface area contributed by atoms with Crippen LogP contribution in [0.25, 0.3) is 0 Å². The predicted molar refractivity (Wildman–Crippen MR) is 60.4 cm³/mol. The number of nitrogens with two attached hydrogens (primary N) is 1. The fraction of sp³-hybridized carbons (Fsp3) is 0.273. The van der Waals surface area contributed by atoms with Crippen molar-refractivity contribution in [3.63, 3.8) is 0 Å². The summed E-state index contributed by atoms with van der Waals surface area (Å²) < 4.78 is 13.6. The summed E-state index contributed by atoms with van der Waals surface area (Å²) in [7, 11) is 0. The Hall–Kier alpha value is -2.11.